The number of carbonyl (C=O) groups is 1. The van der Waals surface area contributed by atoms with Gasteiger partial charge in [-0.25, -0.2) is 9.48 Å². The van der Waals surface area contributed by atoms with E-state index in [9.17, 15) is 9.59 Å². The molecular weight excluding hydrogens is 560 g/mol. The molecule has 2 heterocycles. The van der Waals surface area contributed by atoms with Crippen molar-refractivity contribution in [2.75, 3.05) is 14.2 Å². The molecule has 3 aromatic carbocycles. The van der Waals surface area contributed by atoms with Gasteiger partial charge in [0.05, 0.1) is 25.5 Å². The highest BCUT2D eigenvalue weighted by atomic mass is 79.9. The summed E-state index contributed by atoms with van der Waals surface area (Å²) in [5.74, 6) is 0.964. The van der Waals surface area contributed by atoms with E-state index in [0.717, 1.165) is 26.7 Å². The third-order valence-electron chi connectivity index (χ3n) is 6.85. The number of hydrogen-bond acceptors (Lipinski definition) is 6. The van der Waals surface area contributed by atoms with Gasteiger partial charge in [-0.2, -0.15) is 5.10 Å². The minimum absolute atomic E-state index is 0.102. The Labute approximate surface area is 232 Å². The van der Waals surface area contributed by atoms with Crippen LogP contribution in [-0.2, 0) is 6.42 Å². The van der Waals surface area contributed by atoms with Gasteiger partial charge in [-0.15, -0.1) is 0 Å². The maximum Gasteiger partial charge on any atom is 0.345 e. The molecule has 0 unspecified atom stereocenters. The molecule has 194 valence electrons. The molecule has 0 fully saturated rings. The van der Waals surface area contributed by atoms with Crippen molar-refractivity contribution >= 4 is 38.8 Å². The molecule has 8 heteroatoms. The predicted molar refractivity (Wildman–Crippen MR) is 153 cm³/mol. The number of Topliss-reactive ketones (excluding diaryl/α,β-unsaturated/α-hetero) is 1. The zero-order valence-corrected chi connectivity index (χ0v) is 23.0. The van der Waals surface area contributed by atoms with Crippen LogP contribution in [0.1, 0.15) is 27.0 Å². The van der Waals surface area contributed by atoms with Crippen molar-refractivity contribution in [1.82, 2.24) is 9.78 Å². The smallest absolute Gasteiger partial charge is 0.345 e. The second-order valence-corrected chi connectivity index (χ2v) is 10.3. The largest absolute Gasteiger partial charge is 0.493 e. The Kier molecular flexibility index (Phi) is 6.19. The second kappa shape index (κ2) is 9.71. The SMILES string of the molecule is COc1cc2c(cc1OC)C(=O)/C(=C\c1cn(-c3ccc(C)cc3)nc1-c1cc3cc(Br)ccc3oc1=O)C2. The summed E-state index contributed by atoms with van der Waals surface area (Å²) in [5, 5.41) is 5.55. The van der Waals surface area contributed by atoms with Crippen LogP contribution in [0, 0.1) is 6.92 Å². The summed E-state index contributed by atoms with van der Waals surface area (Å²) in [5.41, 5.74) is 5.30. The first-order chi connectivity index (χ1) is 18.8. The predicted octanol–water partition coefficient (Wildman–Crippen LogP) is 6.56. The first-order valence-electron chi connectivity index (χ1n) is 12.3. The fourth-order valence-electron chi connectivity index (χ4n) is 4.83. The molecule has 0 saturated heterocycles. The Morgan fingerprint density at radius 3 is 2.44 bits per heavy atom. The summed E-state index contributed by atoms with van der Waals surface area (Å²) < 4.78 is 19.0. The molecule has 0 amide bonds. The Morgan fingerprint density at radius 2 is 1.69 bits per heavy atom. The average Bonchev–Trinajstić information content (AvgIpc) is 3.48. The van der Waals surface area contributed by atoms with Crippen LogP contribution in [0.4, 0.5) is 0 Å². The van der Waals surface area contributed by atoms with Crippen molar-refractivity contribution in [2.24, 2.45) is 0 Å². The summed E-state index contributed by atoms with van der Waals surface area (Å²) in [6.45, 7) is 2.01. The van der Waals surface area contributed by atoms with Gasteiger partial charge < -0.3 is 13.9 Å². The summed E-state index contributed by atoms with van der Waals surface area (Å²) in [7, 11) is 3.11. The summed E-state index contributed by atoms with van der Waals surface area (Å²) >= 11 is 3.48. The molecule has 0 spiro atoms. The van der Waals surface area contributed by atoms with Gasteiger partial charge in [0.2, 0.25) is 0 Å². The number of methoxy groups -OCH3 is 2. The van der Waals surface area contributed by atoms with Gasteiger partial charge in [0.25, 0.3) is 0 Å². The van der Waals surface area contributed by atoms with Gasteiger partial charge in [-0.1, -0.05) is 33.6 Å². The van der Waals surface area contributed by atoms with Crippen LogP contribution in [0.25, 0.3) is 34.0 Å². The number of fused-ring (bicyclic) bond motifs is 2. The highest BCUT2D eigenvalue weighted by Gasteiger charge is 2.28. The quantitative estimate of drug-likeness (QED) is 0.172. The Balaban J connectivity index is 1.52. The molecule has 39 heavy (non-hydrogen) atoms. The van der Waals surface area contributed by atoms with Gasteiger partial charge in [0.1, 0.15) is 11.3 Å². The van der Waals surface area contributed by atoms with Crippen molar-refractivity contribution < 1.29 is 18.7 Å². The van der Waals surface area contributed by atoms with Crippen molar-refractivity contribution in [3.8, 4) is 28.4 Å². The summed E-state index contributed by atoms with van der Waals surface area (Å²) in [4.78, 5) is 26.6. The number of rotatable bonds is 5. The minimum atomic E-state index is -0.505. The van der Waals surface area contributed by atoms with Gasteiger partial charge in [0, 0.05) is 39.2 Å². The number of benzene rings is 3. The molecular formula is C31H23BrN2O5. The van der Waals surface area contributed by atoms with Gasteiger partial charge in [-0.3, -0.25) is 4.79 Å². The highest BCUT2D eigenvalue weighted by Crippen LogP contribution is 2.38. The van der Waals surface area contributed by atoms with Gasteiger partial charge >= 0.3 is 5.63 Å². The lowest BCUT2D eigenvalue weighted by Crippen LogP contribution is -2.05. The van der Waals surface area contributed by atoms with E-state index in [4.69, 9.17) is 19.0 Å². The fraction of sp³-hybridized carbons (Fsp3) is 0.129. The average molecular weight is 583 g/mol. The third-order valence-corrected chi connectivity index (χ3v) is 7.34. The number of ether oxygens (including phenoxy) is 2. The van der Waals surface area contributed by atoms with E-state index >= 15 is 0 Å². The van der Waals surface area contributed by atoms with Crippen molar-refractivity contribution in [3.63, 3.8) is 0 Å². The number of carbonyl (C=O) groups excluding carboxylic acids is 1. The number of halogens is 1. The number of allylic oxidation sites excluding steroid dienone is 1. The van der Waals surface area contributed by atoms with Crippen molar-refractivity contribution in [3.05, 3.63) is 110 Å². The monoisotopic (exact) mass is 582 g/mol. The zero-order valence-electron chi connectivity index (χ0n) is 21.4. The van der Waals surface area contributed by atoms with Crippen molar-refractivity contribution in [2.45, 2.75) is 13.3 Å². The number of nitrogens with zero attached hydrogens (tertiary/aromatic N) is 2. The lowest BCUT2D eigenvalue weighted by Gasteiger charge is -2.08. The molecule has 0 radical (unpaired) electrons. The van der Waals surface area contributed by atoms with Gasteiger partial charge in [0.15, 0.2) is 17.3 Å². The standard InChI is InChI=1S/C31H23BrN2O5/c1-17-4-7-23(8-5-17)34-16-21(11-20-10-18-14-27(37-2)28(38-3)15-24(18)30(20)35)29(33-34)25-13-19-12-22(32)6-9-26(19)39-31(25)36/h4-9,11-16H,10H2,1-3H3/b20-11-. The zero-order chi connectivity index (χ0) is 27.3. The van der Waals surface area contributed by atoms with Crippen LogP contribution >= 0.6 is 15.9 Å². The first-order valence-corrected chi connectivity index (χ1v) is 13.0. The molecule has 7 nitrogen and oxygen atoms in total. The summed E-state index contributed by atoms with van der Waals surface area (Å²) in [6, 6.07) is 18.7. The minimum Gasteiger partial charge on any atom is -0.493 e. The van der Waals surface area contributed by atoms with Crippen LogP contribution < -0.4 is 15.1 Å². The van der Waals surface area contributed by atoms with E-state index in [1.165, 1.54) is 0 Å². The molecule has 0 atom stereocenters. The number of ketones is 1. The molecule has 0 saturated carbocycles. The lowest BCUT2D eigenvalue weighted by atomic mass is 10.0. The number of aryl methyl sites for hydroxylation is 1. The van der Waals surface area contributed by atoms with Crippen LogP contribution in [0.5, 0.6) is 11.5 Å². The molecule has 2 aromatic heterocycles. The topological polar surface area (TPSA) is 83.6 Å². The molecule has 0 aliphatic heterocycles. The maximum absolute atomic E-state index is 13.4. The third kappa shape index (κ3) is 4.46. The molecule has 6 rings (SSSR count). The molecule has 1 aliphatic rings. The van der Waals surface area contributed by atoms with E-state index < -0.39 is 5.63 Å². The van der Waals surface area contributed by atoms with E-state index in [2.05, 4.69) is 15.9 Å². The Bertz CT molecular complexity index is 1870. The summed E-state index contributed by atoms with van der Waals surface area (Å²) in [6.07, 6.45) is 4.05. The van der Waals surface area contributed by atoms with Gasteiger partial charge in [-0.05, 0) is 67.1 Å². The van der Waals surface area contributed by atoms with Crippen LogP contribution in [-0.4, -0.2) is 29.8 Å². The lowest BCUT2D eigenvalue weighted by molar-refractivity contribution is 0.104. The fourth-order valence-corrected chi connectivity index (χ4v) is 5.21. The van der Waals surface area contributed by atoms with E-state index in [-0.39, 0.29) is 5.78 Å². The van der Waals surface area contributed by atoms with Crippen LogP contribution in [0.3, 0.4) is 0 Å². The van der Waals surface area contributed by atoms with Crippen LogP contribution in [0.15, 0.2) is 86.1 Å². The maximum atomic E-state index is 13.4. The van der Waals surface area contributed by atoms with Crippen molar-refractivity contribution in [1.29, 1.82) is 0 Å². The molecule has 1 aliphatic carbocycles. The molecule has 5 aromatic rings. The van der Waals surface area contributed by atoms with E-state index in [1.54, 1.807) is 43.2 Å². The Hall–Kier alpha value is -4.43. The normalized spacial score (nSPS) is 13.7. The van der Waals surface area contributed by atoms with Crippen LogP contribution in [0.2, 0.25) is 0 Å². The Morgan fingerprint density at radius 1 is 0.949 bits per heavy atom. The molecule has 0 bridgehead atoms. The number of hydrogen-bond donors (Lipinski definition) is 0. The van der Waals surface area contributed by atoms with E-state index in [1.807, 2.05) is 55.6 Å². The first kappa shape index (κ1) is 24.9. The second-order valence-electron chi connectivity index (χ2n) is 9.38. The van der Waals surface area contributed by atoms with E-state index in [0.29, 0.717) is 51.5 Å². The highest BCUT2D eigenvalue weighted by molar-refractivity contribution is 9.10. The number of aromatic nitrogens is 2. The molecule has 0 N–H and O–H groups in total.